The van der Waals surface area contributed by atoms with Crippen LogP contribution in [0.25, 0.3) is 0 Å². The van der Waals surface area contributed by atoms with Crippen molar-refractivity contribution in [3.8, 4) is 0 Å². The van der Waals surface area contributed by atoms with Gasteiger partial charge in [-0.2, -0.15) is 0 Å². The highest BCUT2D eigenvalue weighted by Crippen LogP contribution is 2.16. The van der Waals surface area contributed by atoms with Gasteiger partial charge < -0.3 is 10.2 Å². The molecule has 1 heterocycles. The smallest absolute Gasteiger partial charge is 0.236 e. The summed E-state index contributed by atoms with van der Waals surface area (Å²) in [5.41, 5.74) is 2.74. The molecule has 6 nitrogen and oxygen atoms in total. The lowest BCUT2D eigenvalue weighted by Crippen LogP contribution is -2.38. The molecule has 2 rings (SSSR count). The Morgan fingerprint density at radius 1 is 1.19 bits per heavy atom. The van der Waals surface area contributed by atoms with Crippen molar-refractivity contribution in [2.24, 2.45) is 0 Å². The second-order valence-electron chi connectivity index (χ2n) is 6.51. The van der Waals surface area contributed by atoms with E-state index in [1.54, 1.807) is 0 Å². The van der Waals surface area contributed by atoms with E-state index in [2.05, 4.69) is 10.3 Å². The van der Waals surface area contributed by atoms with Crippen LogP contribution in [0.4, 0.5) is 5.69 Å². The molecule has 0 radical (unpaired) electrons. The van der Waals surface area contributed by atoms with Crippen molar-refractivity contribution in [1.82, 2.24) is 14.8 Å². The van der Waals surface area contributed by atoms with Crippen molar-refractivity contribution < 1.29 is 9.59 Å². The highest BCUT2D eigenvalue weighted by atomic mass is 32.1. The van der Waals surface area contributed by atoms with Gasteiger partial charge in [-0.15, -0.1) is 11.3 Å². The summed E-state index contributed by atoms with van der Waals surface area (Å²) in [6.07, 6.45) is 0.251. The van der Waals surface area contributed by atoms with E-state index in [4.69, 9.17) is 0 Å². The zero-order valence-corrected chi connectivity index (χ0v) is 17.3. The van der Waals surface area contributed by atoms with Gasteiger partial charge in [0.15, 0.2) is 0 Å². The molecule has 1 N–H and O–H groups in total. The van der Waals surface area contributed by atoms with Crippen LogP contribution in [0.1, 0.15) is 30.1 Å². The molecular formula is C20H28N4O2S. The summed E-state index contributed by atoms with van der Waals surface area (Å²) in [6.45, 7) is 8.32. The van der Waals surface area contributed by atoms with Gasteiger partial charge in [-0.05, 0) is 39.4 Å². The third-order valence-electron chi connectivity index (χ3n) is 4.28. The molecule has 2 aromatic rings. The first-order chi connectivity index (χ1) is 12.9. The number of aromatic nitrogens is 1. The van der Waals surface area contributed by atoms with Crippen LogP contribution in [0.15, 0.2) is 29.6 Å². The van der Waals surface area contributed by atoms with Gasteiger partial charge in [0, 0.05) is 30.7 Å². The summed E-state index contributed by atoms with van der Waals surface area (Å²) >= 11 is 1.47. The van der Waals surface area contributed by atoms with Crippen LogP contribution >= 0.6 is 11.3 Å². The van der Waals surface area contributed by atoms with E-state index in [0.717, 1.165) is 35.0 Å². The normalized spacial score (nSPS) is 10.9. The van der Waals surface area contributed by atoms with Gasteiger partial charge in [0.2, 0.25) is 11.8 Å². The first-order valence-electron chi connectivity index (χ1n) is 9.18. The minimum atomic E-state index is -0.0738. The molecule has 0 aliphatic heterocycles. The molecule has 27 heavy (non-hydrogen) atoms. The van der Waals surface area contributed by atoms with Crippen LogP contribution in [0.3, 0.4) is 0 Å². The zero-order chi connectivity index (χ0) is 19.8. The molecule has 0 bridgehead atoms. The topological polar surface area (TPSA) is 65.5 Å². The van der Waals surface area contributed by atoms with E-state index in [-0.39, 0.29) is 18.2 Å². The number of aryl methyl sites for hydroxylation is 1. The number of amides is 2. The van der Waals surface area contributed by atoms with E-state index in [9.17, 15) is 9.59 Å². The van der Waals surface area contributed by atoms with Gasteiger partial charge in [-0.3, -0.25) is 14.5 Å². The molecular weight excluding hydrogens is 360 g/mol. The number of rotatable bonds is 9. The van der Waals surface area contributed by atoms with Crippen LogP contribution in [-0.2, 0) is 22.6 Å². The van der Waals surface area contributed by atoms with Crippen LogP contribution in [0.5, 0.6) is 0 Å². The molecule has 0 atom stereocenters. The molecule has 0 saturated carbocycles. The number of carbonyl (C=O) groups is 2. The van der Waals surface area contributed by atoms with Gasteiger partial charge in [0.1, 0.15) is 5.01 Å². The Hall–Kier alpha value is -2.25. The fraction of sp³-hybridized carbons (Fsp3) is 0.450. The van der Waals surface area contributed by atoms with Gasteiger partial charge in [-0.25, -0.2) is 4.98 Å². The Labute approximate surface area is 165 Å². The van der Waals surface area contributed by atoms with Gasteiger partial charge >= 0.3 is 0 Å². The standard InChI is InChI=1S/C20H28N4O2S/c1-5-24(6-2)20(26)13-23(4)12-16-14-27-19(21-16)11-18(25)22-17-10-8-7-9-15(17)3/h7-10,14H,5-6,11-13H2,1-4H3,(H,22,25). The van der Waals surface area contributed by atoms with Crippen molar-refractivity contribution in [2.45, 2.75) is 33.7 Å². The molecule has 0 unspecified atom stereocenters. The predicted molar refractivity (Wildman–Crippen MR) is 110 cm³/mol. The van der Waals surface area contributed by atoms with Crippen LogP contribution in [0, 0.1) is 6.92 Å². The number of para-hydroxylation sites is 1. The third-order valence-corrected chi connectivity index (χ3v) is 5.18. The number of carbonyl (C=O) groups excluding carboxylic acids is 2. The molecule has 0 aliphatic carbocycles. The second-order valence-corrected chi connectivity index (χ2v) is 7.45. The lowest BCUT2D eigenvalue weighted by molar-refractivity contribution is -0.131. The Balaban J connectivity index is 1.86. The summed E-state index contributed by atoms with van der Waals surface area (Å²) in [6, 6.07) is 7.70. The first-order valence-corrected chi connectivity index (χ1v) is 10.1. The Morgan fingerprint density at radius 2 is 1.89 bits per heavy atom. The van der Waals surface area contributed by atoms with Crippen molar-refractivity contribution in [2.75, 3.05) is 32.0 Å². The summed E-state index contributed by atoms with van der Waals surface area (Å²) in [5.74, 6) is 0.0471. The summed E-state index contributed by atoms with van der Waals surface area (Å²) in [5, 5.41) is 5.66. The number of hydrogen-bond donors (Lipinski definition) is 1. The summed E-state index contributed by atoms with van der Waals surface area (Å²) in [7, 11) is 1.91. The average Bonchev–Trinajstić information content (AvgIpc) is 3.04. The quantitative estimate of drug-likeness (QED) is 0.717. The molecule has 0 saturated heterocycles. The van der Waals surface area contributed by atoms with E-state index >= 15 is 0 Å². The number of nitrogens with one attached hydrogen (secondary N) is 1. The van der Waals surface area contributed by atoms with Gasteiger partial charge in [0.25, 0.3) is 0 Å². The molecule has 7 heteroatoms. The highest BCUT2D eigenvalue weighted by molar-refractivity contribution is 7.09. The number of benzene rings is 1. The summed E-state index contributed by atoms with van der Waals surface area (Å²) in [4.78, 5) is 32.7. The Kier molecular flexibility index (Phi) is 7.94. The van der Waals surface area contributed by atoms with Crippen molar-refractivity contribution in [3.05, 3.63) is 45.9 Å². The fourth-order valence-electron chi connectivity index (χ4n) is 2.79. The zero-order valence-electron chi connectivity index (χ0n) is 16.5. The van der Waals surface area contributed by atoms with Gasteiger partial charge in [-0.1, -0.05) is 18.2 Å². The Morgan fingerprint density at radius 3 is 2.56 bits per heavy atom. The van der Waals surface area contributed by atoms with Crippen LogP contribution in [0.2, 0.25) is 0 Å². The molecule has 146 valence electrons. The predicted octanol–water partition coefficient (Wildman–Crippen LogP) is 2.93. The van der Waals surface area contributed by atoms with E-state index in [0.29, 0.717) is 13.1 Å². The number of anilines is 1. The SMILES string of the molecule is CCN(CC)C(=O)CN(C)Cc1csc(CC(=O)Nc2ccccc2C)n1. The molecule has 2 amide bonds. The van der Waals surface area contributed by atoms with Crippen molar-refractivity contribution in [1.29, 1.82) is 0 Å². The largest absolute Gasteiger partial charge is 0.342 e. The highest BCUT2D eigenvalue weighted by Gasteiger charge is 2.14. The minimum absolute atomic E-state index is 0.0738. The van der Waals surface area contributed by atoms with Crippen LogP contribution in [-0.4, -0.2) is 53.3 Å². The molecule has 0 fully saturated rings. The first kappa shape index (κ1) is 21.1. The monoisotopic (exact) mass is 388 g/mol. The number of nitrogens with zero attached hydrogens (tertiary/aromatic N) is 3. The lowest BCUT2D eigenvalue weighted by Gasteiger charge is -2.22. The molecule has 1 aromatic carbocycles. The number of hydrogen-bond acceptors (Lipinski definition) is 5. The lowest BCUT2D eigenvalue weighted by atomic mass is 10.2. The number of thiazole rings is 1. The molecule has 1 aromatic heterocycles. The maximum absolute atomic E-state index is 12.2. The summed E-state index contributed by atoms with van der Waals surface area (Å²) < 4.78 is 0. The fourth-order valence-corrected chi connectivity index (χ4v) is 3.57. The number of likely N-dealkylation sites (N-methyl/N-ethyl adjacent to an activating group) is 2. The van der Waals surface area contributed by atoms with Crippen molar-refractivity contribution in [3.63, 3.8) is 0 Å². The maximum Gasteiger partial charge on any atom is 0.236 e. The minimum Gasteiger partial charge on any atom is -0.342 e. The van der Waals surface area contributed by atoms with Crippen molar-refractivity contribution >= 4 is 28.8 Å². The van der Waals surface area contributed by atoms with E-state index in [1.165, 1.54) is 11.3 Å². The third kappa shape index (κ3) is 6.45. The second kappa shape index (κ2) is 10.2. The van der Waals surface area contributed by atoms with E-state index in [1.807, 2.05) is 67.3 Å². The van der Waals surface area contributed by atoms with Gasteiger partial charge in [0.05, 0.1) is 18.7 Å². The molecule has 0 spiro atoms. The maximum atomic E-state index is 12.2. The van der Waals surface area contributed by atoms with E-state index < -0.39 is 0 Å². The Bertz CT molecular complexity index is 771. The average molecular weight is 389 g/mol. The van der Waals surface area contributed by atoms with Crippen LogP contribution < -0.4 is 5.32 Å². The molecule has 0 aliphatic rings.